The highest BCUT2D eigenvalue weighted by molar-refractivity contribution is 6.01. The molecule has 3 N–H and O–H groups in total. The second-order valence-corrected chi connectivity index (χ2v) is 6.07. The minimum absolute atomic E-state index is 0.248. The summed E-state index contributed by atoms with van der Waals surface area (Å²) in [6, 6.07) is 4.02. The number of nitrogens with one attached hydrogen (secondary N) is 2. The molecule has 9 heteroatoms. The van der Waals surface area contributed by atoms with Gasteiger partial charge in [-0.25, -0.2) is 9.18 Å². The average Bonchev–Trinajstić information content (AvgIpc) is 2.58. The number of anilines is 2. The molecule has 0 radical (unpaired) electrons. The third-order valence-corrected chi connectivity index (χ3v) is 4.42. The molecule has 1 unspecified atom stereocenters. The Bertz CT molecular complexity index is 703. The highest BCUT2D eigenvalue weighted by Crippen LogP contribution is 2.25. The van der Waals surface area contributed by atoms with E-state index in [1.807, 2.05) is 0 Å². The van der Waals surface area contributed by atoms with Gasteiger partial charge in [0.05, 0.1) is 5.69 Å². The Kier molecular flexibility index (Phi) is 4.73. The minimum atomic E-state index is -0.969. The molecule has 3 amide bonds. The van der Waals surface area contributed by atoms with E-state index in [2.05, 4.69) is 10.6 Å². The highest BCUT2D eigenvalue weighted by Gasteiger charge is 2.27. The fourth-order valence-electron chi connectivity index (χ4n) is 3.02. The number of carboxylic acid groups (broad SMARTS) is 1. The van der Waals surface area contributed by atoms with Crippen molar-refractivity contribution in [1.29, 1.82) is 0 Å². The van der Waals surface area contributed by atoms with E-state index in [1.54, 1.807) is 17.0 Å². The lowest BCUT2D eigenvalue weighted by Gasteiger charge is -2.34. The molecule has 0 saturated carbocycles. The number of amides is 3. The number of benzene rings is 1. The van der Waals surface area contributed by atoms with Gasteiger partial charge in [0, 0.05) is 38.3 Å². The number of imide groups is 1. The fourth-order valence-corrected chi connectivity index (χ4v) is 3.02. The Morgan fingerprint density at radius 3 is 2.56 bits per heavy atom. The number of piperidine rings is 1. The quantitative estimate of drug-likeness (QED) is 0.699. The SMILES string of the molecule is O=C1CCC(Nc2ccc(N3CCN(C(=O)O)CC3)c(F)c2)C(=O)N1. The zero-order chi connectivity index (χ0) is 18.0. The Balaban J connectivity index is 1.64. The number of piperazine rings is 1. The molecule has 134 valence electrons. The number of nitrogens with zero attached hydrogens (tertiary/aromatic N) is 2. The number of halogens is 1. The Labute approximate surface area is 143 Å². The number of carbonyl (C=O) groups is 3. The van der Waals surface area contributed by atoms with Crippen molar-refractivity contribution in [3.8, 4) is 0 Å². The normalized spacial score (nSPS) is 21.1. The molecule has 2 saturated heterocycles. The maximum atomic E-state index is 14.4. The first kappa shape index (κ1) is 17.0. The van der Waals surface area contributed by atoms with Gasteiger partial charge in [-0.1, -0.05) is 0 Å². The summed E-state index contributed by atoms with van der Waals surface area (Å²) in [5.41, 5.74) is 0.860. The molecule has 3 rings (SSSR count). The lowest BCUT2D eigenvalue weighted by Crippen LogP contribution is -2.48. The smallest absolute Gasteiger partial charge is 0.407 e. The monoisotopic (exact) mass is 350 g/mol. The molecule has 0 spiro atoms. The summed E-state index contributed by atoms with van der Waals surface area (Å²) in [6.45, 7) is 1.49. The van der Waals surface area contributed by atoms with E-state index in [4.69, 9.17) is 5.11 Å². The summed E-state index contributed by atoms with van der Waals surface area (Å²) in [5.74, 6) is -1.16. The van der Waals surface area contributed by atoms with Gasteiger partial charge in [-0.3, -0.25) is 14.9 Å². The van der Waals surface area contributed by atoms with Crippen LogP contribution < -0.4 is 15.5 Å². The third kappa shape index (κ3) is 3.81. The lowest BCUT2D eigenvalue weighted by atomic mass is 10.1. The van der Waals surface area contributed by atoms with E-state index >= 15 is 0 Å². The van der Waals surface area contributed by atoms with Crippen LogP contribution in [0, 0.1) is 5.82 Å². The topological polar surface area (TPSA) is 102 Å². The van der Waals surface area contributed by atoms with Gasteiger partial charge in [0.2, 0.25) is 11.8 Å². The predicted molar refractivity (Wildman–Crippen MR) is 88.0 cm³/mol. The van der Waals surface area contributed by atoms with Crippen molar-refractivity contribution < 1.29 is 23.9 Å². The van der Waals surface area contributed by atoms with Crippen LogP contribution in [0.1, 0.15) is 12.8 Å². The van der Waals surface area contributed by atoms with Crippen LogP contribution >= 0.6 is 0 Å². The summed E-state index contributed by atoms with van der Waals surface area (Å²) >= 11 is 0. The van der Waals surface area contributed by atoms with Crippen LogP contribution in [0.3, 0.4) is 0 Å². The summed E-state index contributed by atoms with van der Waals surface area (Å²) < 4.78 is 14.4. The van der Waals surface area contributed by atoms with E-state index < -0.39 is 23.9 Å². The zero-order valence-electron chi connectivity index (χ0n) is 13.5. The number of carbonyl (C=O) groups excluding carboxylic acids is 2. The fraction of sp³-hybridized carbons (Fsp3) is 0.438. The first-order valence-electron chi connectivity index (χ1n) is 8.06. The van der Waals surface area contributed by atoms with Crippen LogP contribution in [-0.2, 0) is 9.59 Å². The average molecular weight is 350 g/mol. The van der Waals surface area contributed by atoms with Crippen LogP contribution in [0.5, 0.6) is 0 Å². The standard InChI is InChI=1S/C16H19FN4O4/c17-11-9-10(18-12-2-4-14(22)19-15(12)23)1-3-13(11)20-5-7-21(8-6-20)16(24)25/h1,3,9,12,18H,2,4-8H2,(H,24,25)(H,19,22,23). The van der Waals surface area contributed by atoms with Crippen molar-refractivity contribution in [2.24, 2.45) is 0 Å². The highest BCUT2D eigenvalue weighted by atomic mass is 19.1. The first-order valence-corrected chi connectivity index (χ1v) is 8.06. The van der Waals surface area contributed by atoms with E-state index in [0.717, 1.165) is 0 Å². The predicted octanol–water partition coefficient (Wildman–Crippen LogP) is 0.843. The molecule has 0 aromatic heterocycles. The van der Waals surface area contributed by atoms with Gasteiger partial charge >= 0.3 is 6.09 Å². The third-order valence-electron chi connectivity index (χ3n) is 4.42. The number of hydrogen-bond acceptors (Lipinski definition) is 5. The van der Waals surface area contributed by atoms with Crippen molar-refractivity contribution in [2.75, 3.05) is 36.4 Å². The van der Waals surface area contributed by atoms with Gasteiger partial charge in [0.25, 0.3) is 0 Å². The summed E-state index contributed by atoms with van der Waals surface area (Å²) in [6.07, 6.45) is -0.355. The van der Waals surface area contributed by atoms with Crippen molar-refractivity contribution in [3.05, 3.63) is 24.0 Å². The molecule has 25 heavy (non-hydrogen) atoms. The maximum Gasteiger partial charge on any atom is 0.407 e. The molecule has 2 fully saturated rings. The van der Waals surface area contributed by atoms with Gasteiger partial charge in [0.15, 0.2) is 0 Å². The van der Waals surface area contributed by atoms with Crippen LogP contribution in [0.2, 0.25) is 0 Å². The summed E-state index contributed by atoms with van der Waals surface area (Å²) in [7, 11) is 0. The van der Waals surface area contributed by atoms with Gasteiger partial charge in [-0.2, -0.15) is 0 Å². The number of rotatable bonds is 3. The van der Waals surface area contributed by atoms with Gasteiger partial charge in [0.1, 0.15) is 11.9 Å². The Hall–Kier alpha value is -2.84. The van der Waals surface area contributed by atoms with E-state index in [9.17, 15) is 18.8 Å². The minimum Gasteiger partial charge on any atom is -0.465 e. The molecule has 0 aliphatic carbocycles. The molecule has 2 heterocycles. The van der Waals surface area contributed by atoms with E-state index in [-0.39, 0.29) is 12.3 Å². The van der Waals surface area contributed by atoms with Crippen LogP contribution in [0.25, 0.3) is 0 Å². The first-order chi connectivity index (χ1) is 11.9. The molecule has 0 bridgehead atoms. The van der Waals surface area contributed by atoms with Gasteiger partial charge in [-0.15, -0.1) is 0 Å². The molecule has 2 aliphatic rings. The zero-order valence-corrected chi connectivity index (χ0v) is 13.5. The Morgan fingerprint density at radius 2 is 1.96 bits per heavy atom. The molecule has 8 nitrogen and oxygen atoms in total. The largest absolute Gasteiger partial charge is 0.465 e. The van der Waals surface area contributed by atoms with Gasteiger partial charge < -0.3 is 20.2 Å². The van der Waals surface area contributed by atoms with E-state index in [0.29, 0.717) is 44.0 Å². The van der Waals surface area contributed by atoms with Crippen molar-refractivity contribution in [3.63, 3.8) is 0 Å². The molecule has 1 atom stereocenters. The molecule has 1 aromatic carbocycles. The molecule has 1 aromatic rings. The molecular formula is C16H19FN4O4. The van der Waals surface area contributed by atoms with Crippen LogP contribution in [0.15, 0.2) is 18.2 Å². The van der Waals surface area contributed by atoms with Crippen molar-refractivity contribution in [1.82, 2.24) is 10.2 Å². The van der Waals surface area contributed by atoms with Crippen molar-refractivity contribution in [2.45, 2.75) is 18.9 Å². The number of hydrogen-bond donors (Lipinski definition) is 3. The summed E-state index contributed by atoms with van der Waals surface area (Å²) in [5, 5.41) is 14.1. The molecular weight excluding hydrogens is 331 g/mol. The summed E-state index contributed by atoms with van der Waals surface area (Å²) in [4.78, 5) is 36.9. The lowest BCUT2D eigenvalue weighted by molar-refractivity contribution is -0.133. The van der Waals surface area contributed by atoms with E-state index in [1.165, 1.54) is 11.0 Å². The Morgan fingerprint density at radius 1 is 1.24 bits per heavy atom. The van der Waals surface area contributed by atoms with Crippen LogP contribution in [-0.4, -0.2) is 60.1 Å². The van der Waals surface area contributed by atoms with Gasteiger partial charge in [-0.05, 0) is 24.6 Å². The van der Waals surface area contributed by atoms with Crippen LogP contribution in [0.4, 0.5) is 20.6 Å². The molecule has 2 aliphatic heterocycles. The van der Waals surface area contributed by atoms with Crippen molar-refractivity contribution >= 4 is 29.3 Å². The maximum absolute atomic E-state index is 14.4. The second kappa shape index (κ2) is 6.96. The second-order valence-electron chi connectivity index (χ2n) is 6.07.